The summed E-state index contributed by atoms with van der Waals surface area (Å²) >= 11 is 7.55. The van der Waals surface area contributed by atoms with Crippen molar-refractivity contribution in [1.82, 2.24) is 25.0 Å². The van der Waals surface area contributed by atoms with E-state index >= 15 is 0 Å². The van der Waals surface area contributed by atoms with Crippen LogP contribution in [0.2, 0.25) is 5.02 Å². The maximum absolute atomic E-state index is 5.91. The van der Waals surface area contributed by atoms with Gasteiger partial charge in [-0.25, -0.2) is 4.98 Å². The lowest BCUT2D eigenvalue weighted by molar-refractivity contribution is 0.820. The van der Waals surface area contributed by atoms with Gasteiger partial charge in [0.1, 0.15) is 4.83 Å². The zero-order valence-corrected chi connectivity index (χ0v) is 13.4. The molecule has 0 radical (unpaired) electrons. The Hall–Kier alpha value is -2.25. The van der Waals surface area contributed by atoms with Crippen LogP contribution >= 0.6 is 22.9 Å². The quantitative estimate of drug-likeness (QED) is 0.606. The zero-order chi connectivity index (χ0) is 15.3. The third-order valence-corrected chi connectivity index (χ3v) is 4.92. The van der Waals surface area contributed by atoms with Gasteiger partial charge in [-0.2, -0.15) is 4.52 Å². The number of nitrogens with one attached hydrogen (secondary N) is 1. The molecule has 0 aliphatic rings. The molecule has 1 aromatic carbocycles. The van der Waals surface area contributed by atoms with Crippen LogP contribution in [0.25, 0.3) is 15.9 Å². The van der Waals surface area contributed by atoms with E-state index in [0.717, 1.165) is 15.9 Å². The first-order chi connectivity index (χ1) is 10.6. The third-order valence-electron chi connectivity index (χ3n) is 3.57. The highest BCUT2D eigenvalue weighted by Gasteiger charge is 2.16. The van der Waals surface area contributed by atoms with Crippen molar-refractivity contribution >= 4 is 50.4 Å². The Morgan fingerprint density at radius 1 is 1.18 bits per heavy atom. The number of rotatable bonds is 2. The largest absolute Gasteiger partial charge is 0.324 e. The van der Waals surface area contributed by atoms with E-state index in [9.17, 15) is 0 Å². The van der Waals surface area contributed by atoms with Crippen LogP contribution in [0.5, 0.6) is 0 Å². The molecule has 4 aromatic rings. The fourth-order valence-electron chi connectivity index (χ4n) is 2.32. The number of nitrogens with zero attached hydrogens (tertiary/aromatic N) is 5. The summed E-state index contributed by atoms with van der Waals surface area (Å²) in [7, 11) is 0. The summed E-state index contributed by atoms with van der Waals surface area (Å²) in [5.41, 5.74) is 2.76. The normalized spacial score (nSPS) is 11.4. The van der Waals surface area contributed by atoms with Gasteiger partial charge in [0, 0.05) is 15.6 Å². The Labute approximate surface area is 134 Å². The molecule has 0 aliphatic carbocycles. The zero-order valence-electron chi connectivity index (χ0n) is 11.8. The van der Waals surface area contributed by atoms with Crippen LogP contribution in [0.3, 0.4) is 0 Å². The Morgan fingerprint density at radius 3 is 2.73 bits per heavy atom. The summed E-state index contributed by atoms with van der Waals surface area (Å²) in [5.74, 6) is 0.580. The van der Waals surface area contributed by atoms with Crippen LogP contribution in [0.15, 0.2) is 24.3 Å². The molecule has 0 bridgehead atoms. The number of thiophene rings is 1. The van der Waals surface area contributed by atoms with Crippen LogP contribution in [-0.2, 0) is 0 Å². The Bertz CT molecular complexity index is 988. The first kappa shape index (κ1) is 13.4. The predicted octanol–water partition coefficient (Wildman–Crippen LogP) is 3.75. The van der Waals surface area contributed by atoms with E-state index in [1.54, 1.807) is 15.9 Å². The minimum atomic E-state index is 0.580. The smallest absolute Gasteiger partial charge is 0.233 e. The Balaban J connectivity index is 1.92. The molecule has 1 N–H and O–H groups in total. The molecule has 0 unspecified atom stereocenters. The van der Waals surface area contributed by atoms with E-state index in [2.05, 4.69) is 39.7 Å². The number of hydrogen-bond acceptors (Lipinski definition) is 6. The molecule has 110 valence electrons. The van der Waals surface area contributed by atoms with Gasteiger partial charge in [0.15, 0.2) is 5.65 Å². The third kappa shape index (κ3) is 2.01. The summed E-state index contributed by atoms with van der Waals surface area (Å²) in [6, 6.07) is 7.40. The van der Waals surface area contributed by atoms with E-state index < -0.39 is 0 Å². The molecule has 0 aliphatic heterocycles. The minimum Gasteiger partial charge on any atom is -0.324 e. The first-order valence-electron chi connectivity index (χ1n) is 6.64. The van der Waals surface area contributed by atoms with Crippen molar-refractivity contribution < 1.29 is 0 Å². The minimum absolute atomic E-state index is 0.580. The molecule has 8 heteroatoms. The second kappa shape index (κ2) is 4.89. The molecule has 0 saturated carbocycles. The summed E-state index contributed by atoms with van der Waals surface area (Å²) in [5, 5.41) is 16.9. The van der Waals surface area contributed by atoms with E-state index in [4.69, 9.17) is 11.6 Å². The molecule has 0 atom stereocenters. The number of aromatic nitrogens is 5. The maximum Gasteiger partial charge on any atom is 0.233 e. The van der Waals surface area contributed by atoms with Gasteiger partial charge < -0.3 is 5.32 Å². The Kier molecular flexibility index (Phi) is 2.98. The predicted molar refractivity (Wildman–Crippen MR) is 88.2 cm³/mol. The van der Waals surface area contributed by atoms with Crippen LogP contribution in [0, 0.1) is 13.8 Å². The highest BCUT2D eigenvalue weighted by atomic mass is 35.5. The van der Waals surface area contributed by atoms with Crippen LogP contribution in [-0.4, -0.2) is 25.0 Å². The van der Waals surface area contributed by atoms with Crippen molar-refractivity contribution in [2.24, 2.45) is 0 Å². The SMILES string of the molecule is Cc1sc2nc(Nc3ccc(Cl)cc3)n3nnnc3c2c1C. The standard InChI is InChI=1S/C14H11ClN6S/c1-7-8(2)22-13-11(7)12-18-19-20-21(12)14(17-13)16-10-5-3-9(15)4-6-10/h3-6H,1-2H3,(H,16,17). The van der Waals surface area contributed by atoms with Gasteiger partial charge >= 0.3 is 0 Å². The van der Waals surface area contributed by atoms with Crippen molar-refractivity contribution in [3.63, 3.8) is 0 Å². The van der Waals surface area contributed by atoms with Gasteiger partial charge in [-0.1, -0.05) is 11.6 Å². The molecule has 0 spiro atoms. The topological polar surface area (TPSA) is 68.0 Å². The van der Waals surface area contributed by atoms with E-state index in [1.165, 1.54) is 10.4 Å². The lowest BCUT2D eigenvalue weighted by atomic mass is 10.2. The molecule has 0 amide bonds. The summed E-state index contributed by atoms with van der Waals surface area (Å²) in [6.07, 6.45) is 0. The van der Waals surface area contributed by atoms with Gasteiger partial charge in [0.2, 0.25) is 5.95 Å². The molecule has 3 heterocycles. The van der Waals surface area contributed by atoms with Crippen LogP contribution in [0.1, 0.15) is 10.4 Å². The fraction of sp³-hybridized carbons (Fsp3) is 0.143. The number of anilines is 2. The van der Waals surface area contributed by atoms with Gasteiger partial charge in [-0.3, -0.25) is 0 Å². The summed E-state index contributed by atoms with van der Waals surface area (Å²) in [6.45, 7) is 4.14. The van der Waals surface area contributed by atoms with Crippen molar-refractivity contribution in [2.75, 3.05) is 5.32 Å². The number of fused-ring (bicyclic) bond motifs is 3. The highest BCUT2D eigenvalue weighted by Crippen LogP contribution is 2.32. The first-order valence-corrected chi connectivity index (χ1v) is 7.83. The molecule has 22 heavy (non-hydrogen) atoms. The average molecular weight is 331 g/mol. The lowest BCUT2D eigenvalue weighted by Gasteiger charge is -2.07. The summed E-state index contributed by atoms with van der Waals surface area (Å²) in [4.78, 5) is 6.81. The molecule has 0 fully saturated rings. The van der Waals surface area contributed by atoms with Gasteiger partial charge in [-0.05, 0) is 54.1 Å². The van der Waals surface area contributed by atoms with E-state index in [-0.39, 0.29) is 0 Å². The van der Waals surface area contributed by atoms with Gasteiger partial charge in [0.05, 0.1) is 5.39 Å². The number of halogens is 1. The van der Waals surface area contributed by atoms with Gasteiger partial charge in [0.25, 0.3) is 0 Å². The molecule has 6 nitrogen and oxygen atoms in total. The van der Waals surface area contributed by atoms with Crippen LogP contribution in [0.4, 0.5) is 11.6 Å². The van der Waals surface area contributed by atoms with Gasteiger partial charge in [-0.15, -0.1) is 16.4 Å². The molecular formula is C14H11ClN6S. The van der Waals surface area contributed by atoms with Crippen LogP contribution < -0.4 is 5.32 Å². The maximum atomic E-state index is 5.91. The second-order valence-electron chi connectivity index (χ2n) is 4.94. The number of tetrazole rings is 1. The summed E-state index contributed by atoms with van der Waals surface area (Å²) < 4.78 is 1.62. The molecular weight excluding hydrogens is 320 g/mol. The fourth-order valence-corrected chi connectivity index (χ4v) is 3.47. The number of aryl methyl sites for hydroxylation is 2. The lowest BCUT2D eigenvalue weighted by Crippen LogP contribution is -2.03. The van der Waals surface area contributed by atoms with E-state index in [1.807, 2.05) is 24.3 Å². The van der Waals surface area contributed by atoms with E-state index in [0.29, 0.717) is 16.6 Å². The number of hydrogen-bond donors (Lipinski definition) is 1. The highest BCUT2D eigenvalue weighted by molar-refractivity contribution is 7.18. The van der Waals surface area contributed by atoms with Crippen molar-refractivity contribution in [3.05, 3.63) is 39.7 Å². The second-order valence-corrected chi connectivity index (χ2v) is 6.58. The molecule has 3 aromatic heterocycles. The molecule has 0 saturated heterocycles. The molecule has 4 rings (SSSR count). The van der Waals surface area contributed by atoms with Crippen molar-refractivity contribution in [2.45, 2.75) is 13.8 Å². The Morgan fingerprint density at radius 2 is 1.95 bits per heavy atom. The average Bonchev–Trinajstić information content (AvgIpc) is 3.07. The monoisotopic (exact) mass is 330 g/mol. The number of benzene rings is 1. The van der Waals surface area contributed by atoms with Crippen molar-refractivity contribution in [3.8, 4) is 0 Å². The van der Waals surface area contributed by atoms with Crippen molar-refractivity contribution in [1.29, 1.82) is 0 Å².